The fourth-order valence-electron chi connectivity index (χ4n) is 3.44. The molecule has 4 rings (SSSR count). The van der Waals surface area contributed by atoms with E-state index >= 15 is 0 Å². The van der Waals surface area contributed by atoms with Crippen LogP contribution in [0.2, 0.25) is 0 Å². The number of rotatable bonds is 6. The van der Waals surface area contributed by atoms with E-state index in [1.165, 1.54) is 36.6 Å². The number of thiazole rings is 1. The van der Waals surface area contributed by atoms with Crippen molar-refractivity contribution < 1.29 is 22.3 Å². The SMILES string of the molecule is COc1ccc(-c2csc(=Nc3cccc(C(F)(F)F)c3)n2CCc2ccccc2)cc1F. The predicted molar refractivity (Wildman–Crippen MR) is 121 cm³/mol. The lowest BCUT2D eigenvalue weighted by atomic mass is 10.1. The Morgan fingerprint density at radius 3 is 2.45 bits per heavy atom. The molecular formula is C25H20F4N2OS. The summed E-state index contributed by atoms with van der Waals surface area (Å²) in [6, 6.07) is 19.4. The minimum atomic E-state index is -4.45. The number of aromatic nitrogens is 1. The molecule has 4 aromatic rings. The summed E-state index contributed by atoms with van der Waals surface area (Å²) in [5.74, 6) is -0.356. The van der Waals surface area contributed by atoms with E-state index in [1.807, 2.05) is 40.3 Å². The normalized spacial score (nSPS) is 12.2. The van der Waals surface area contributed by atoms with Gasteiger partial charge in [0.05, 0.1) is 24.1 Å². The van der Waals surface area contributed by atoms with Gasteiger partial charge in [-0.05, 0) is 48.4 Å². The molecule has 0 fully saturated rings. The van der Waals surface area contributed by atoms with Gasteiger partial charge in [0.2, 0.25) is 0 Å². The summed E-state index contributed by atoms with van der Waals surface area (Å²) in [5, 5.41) is 1.83. The molecular weight excluding hydrogens is 452 g/mol. The van der Waals surface area contributed by atoms with E-state index in [1.54, 1.807) is 12.1 Å². The fraction of sp³-hybridized carbons (Fsp3) is 0.160. The second-order valence-corrected chi connectivity index (χ2v) is 8.14. The number of benzene rings is 3. The van der Waals surface area contributed by atoms with Gasteiger partial charge in [-0.2, -0.15) is 13.2 Å². The van der Waals surface area contributed by atoms with Crippen LogP contribution in [-0.2, 0) is 19.1 Å². The average Bonchev–Trinajstić information content (AvgIpc) is 3.20. The molecule has 0 aliphatic carbocycles. The zero-order chi connectivity index (χ0) is 23.4. The number of ether oxygens (including phenoxy) is 1. The molecule has 8 heteroatoms. The summed E-state index contributed by atoms with van der Waals surface area (Å²) >= 11 is 1.29. The van der Waals surface area contributed by atoms with Crippen LogP contribution in [0.4, 0.5) is 23.2 Å². The van der Waals surface area contributed by atoms with Gasteiger partial charge >= 0.3 is 6.18 Å². The molecule has 0 aliphatic rings. The fourth-order valence-corrected chi connectivity index (χ4v) is 4.39. The summed E-state index contributed by atoms with van der Waals surface area (Å²) in [4.78, 5) is 5.02. The van der Waals surface area contributed by atoms with Gasteiger partial charge in [0.25, 0.3) is 0 Å². The van der Waals surface area contributed by atoms with Crippen molar-refractivity contribution in [1.82, 2.24) is 4.57 Å². The van der Waals surface area contributed by atoms with Gasteiger partial charge in [-0.25, -0.2) is 9.38 Å². The molecule has 0 unspecified atom stereocenters. The number of aryl methyl sites for hydroxylation is 1. The quantitative estimate of drug-likeness (QED) is 0.282. The number of alkyl halides is 3. The van der Waals surface area contributed by atoms with Crippen LogP contribution in [-0.4, -0.2) is 11.7 Å². The summed E-state index contributed by atoms with van der Waals surface area (Å²) < 4.78 is 60.7. The van der Waals surface area contributed by atoms with Gasteiger partial charge in [-0.3, -0.25) is 0 Å². The van der Waals surface area contributed by atoms with Crippen LogP contribution in [0.1, 0.15) is 11.1 Å². The number of methoxy groups -OCH3 is 1. The van der Waals surface area contributed by atoms with Crippen LogP contribution in [0.5, 0.6) is 5.75 Å². The molecule has 0 saturated carbocycles. The first-order valence-corrected chi connectivity index (χ1v) is 11.0. The number of hydrogen-bond donors (Lipinski definition) is 0. The highest BCUT2D eigenvalue weighted by atomic mass is 32.1. The molecule has 1 aromatic heterocycles. The second kappa shape index (κ2) is 9.62. The van der Waals surface area contributed by atoms with Crippen molar-refractivity contribution in [1.29, 1.82) is 0 Å². The van der Waals surface area contributed by atoms with Crippen molar-refractivity contribution in [2.45, 2.75) is 19.1 Å². The molecule has 3 aromatic carbocycles. The maximum absolute atomic E-state index is 14.4. The molecule has 170 valence electrons. The molecule has 0 atom stereocenters. The van der Waals surface area contributed by atoms with Gasteiger partial charge in [0.1, 0.15) is 0 Å². The Labute approximate surface area is 192 Å². The minimum Gasteiger partial charge on any atom is -0.494 e. The first-order valence-electron chi connectivity index (χ1n) is 10.1. The Morgan fingerprint density at radius 2 is 1.76 bits per heavy atom. The standard InChI is InChI=1S/C25H20F4N2OS/c1-32-23-11-10-18(14-21(23)26)22-16-33-24(31(22)13-12-17-6-3-2-4-7-17)30-20-9-5-8-19(15-20)25(27,28)29/h2-11,14-16H,12-13H2,1H3. The van der Waals surface area contributed by atoms with Gasteiger partial charge in [-0.1, -0.05) is 36.4 Å². The monoisotopic (exact) mass is 472 g/mol. The molecule has 0 spiro atoms. The number of nitrogens with zero attached hydrogens (tertiary/aromatic N) is 2. The van der Waals surface area contributed by atoms with E-state index < -0.39 is 17.6 Å². The Balaban J connectivity index is 1.79. The Morgan fingerprint density at radius 1 is 0.970 bits per heavy atom. The molecule has 0 aliphatic heterocycles. The number of halogens is 4. The van der Waals surface area contributed by atoms with Crippen molar-refractivity contribution in [2.75, 3.05) is 7.11 Å². The lowest BCUT2D eigenvalue weighted by molar-refractivity contribution is -0.137. The molecule has 33 heavy (non-hydrogen) atoms. The summed E-state index contributed by atoms with van der Waals surface area (Å²) in [6.07, 6.45) is -3.77. The largest absolute Gasteiger partial charge is 0.494 e. The van der Waals surface area contributed by atoms with Crippen molar-refractivity contribution in [3.8, 4) is 17.0 Å². The molecule has 0 N–H and O–H groups in total. The van der Waals surface area contributed by atoms with Crippen LogP contribution < -0.4 is 9.54 Å². The zero-order valence-corrected chi connectivity index (χ0v) is 18.5. The first-order chi connectivity index (χ1) is 15.8. The van der Waals surface area contributed by atoms with E-state index in [-0.39, 0.29) is 11.4 Å². The van der Waals surface area contributed by atoms with Gasteiger partial charge in [0.15, 0.2) is 16.4 Å². The molecule has 3 nitrogen and oxygen atoms in total. The van der Waals surface area contributed by atoms with Crippen molar-refractivity contribution >= 4 is 17.0 Å². The maximum Gasteiger partial charge on any atom is 0.416 e. The Hall–Kier alpha value is -3.39. The summed E-state index contributed by atoms with van der Waals surface area (Å²) in [5.41, 5.74) is 1.90. The van der Waals surface area contributed by atoms with Gasteiger partial charge in [0, 0.05) is 17.5 Å². The lowest BCUT2D eigenvalue weighted by Crippen LogP contribution is -2.17. The van der Waals surface area contributed by atoms with Crippen molar-refractivity contribution in [2.24, 2.45) is 4.99 Å². The number of hydrogen-bond acceptors (Lipinski definition) is 3. The Bertz CT molecular complexity index is 1310. The summed E-state index contributed by atoms with van der Waals surface area (Å²) in [7, 11) is 1.40. The third-order valence-electron chi connectivity index (χ3n) is 5.11. The predicted octanol–water partition coefficient (Wildman–Crippen LogP) is 6.86. The first kappa shape index (κ1) is 22.8. The van der Waals surface area contributed by atoms with Crippen molar-refractivity contribution in [3.63, 3.8) is 0 Å². The topological polar surface area (TPSA) is 26.5 Å². The third kappa shape index (κ3) is 5.34. The smallest absolute Gasteiger partial charge is 0.416 e. The van der Waals surface area contributed by atoms with Gasteiger partial charge < -0.3 is 9.30 Å². The van der Waals surface area contributed by atoms with E-state index in [0.717, 1.165) is 23.4 Å². The van der Waals surface area contributed by atoms with Crippen LogP contribution in [0.3, 0.4) is 0 Å². The van der Waals surface area contributed by atoms with Crippen LogP contribution in [0, 0.1) is 5.82 Å². The van der Waals surface area contributed by atoms with Gasteiger partial charge in [-0.15, -0.1) is 11.3 Å². The molecule has 0 saturated heterocycles. The van der Waals surface area contributed by atoms with E-state index in [2.05, 4.69) is 4.99 Å². The average molecular weight is 473 g/mol. The highest BCUT2D eigenvalue weighted by molar-refractivity contribution is 7.07. The third-order valence-corrected chi connectivity index (χ3v) is 5.97. The molecule has 0 amide bonds. The van der Waals surface area contributed by atoms with E-state index in [4.69, 9.17) is 4.74 Å². The second-order valence-electron chi connectivity index (χ2n) is 7.30. The van der Waals surface area contributed by atoms with Crippen LogP contribution >= 0.6 is 11.3 Å². The van der Waals surface area contributed by atoms with E-state index in [9.17, 15) is 17.6 Å². The zero-order valence-electron chi connectivity index (χ0n) is 17.6. The lowest BCUT2D eigenvalue weighted by Gasteiger charge is -2.11. The maximum atomic E-state index is 14.4. The molecule has 0 radical (unpaired) electrons. The highest BCUT2D eigenvalue weighted by Crippen LogP contribution is 2.31. The van der Waals surface area contributed by atoms with Crippen LogP contribution in [0.25, 0.3) is 11.3 Å². The summed E-state index contributed by atoms with van der Waals surface area (Å²) in [6.45, 7) is 0.522. The Kier molecular flexibility index (Phi) is 6.65. The molecule has 1 heterocycles. The van der Waals surface area contributed by atoms with Crippen molar-refractivity contribution in [3.05, 3.63) is 99.9 Å². The molecule has 0 bridgehead atoms. The van der Waals surface area contributed by atoms with Crippen LogP contribution in [0.15, 0.2) is 83.2 Å². The minimum absolute atomic E-state index is 0.138. The van der Waals surface area contributed by atoms with E-state index in [0.29, 0.717) is 23.3 Å². The highest BCUT2D eigenvalue weighted by Gasteiger charge is 2.30.